The maximum absolute atomic E-state index is 12.7. The first-order valence-corrected chi connectivity index (χ1v) is 11.9. The molecule has 4 heterocycles. The second kappa shape index (κ2) is 7.96. The molecule has 1 saturated carbocycles. The van der Waals surface area contributed by atoms with E-state index in [1.54, 1.807) is 4.57 Å². The van der Waals surface area contributed by atoms with E-state index < -0.39 is 0 Å². The Labute approximate surface area is 196 Å². The van der Waals surface area contributed by atoms with Gasteiger partial charge in [-0.25, -0.2) is 19.7 Å². The van der Waals surface area contributed by atoms with Crippen LogP contribution in [0.4, 0.5) is 5.82 Å². The lowest BCUT2D eigenvalue weighted by Gasteiger charge is -2.33. The van der Waals surface area contributed by atoms with Crippen molar-refractivity contribution in [3.05, 3.63) is 46.4 Å². The monoisotopic (exact) mass is 460 g/mol. The molecule has 0 spiro atoms. The van der Waals surface area contributed by atoms with Crippen molar-refractivity contribution in [2.24, 2.45) is 13.0 Å². The van der Waals surface area contributed by atoms with Gasteiger partial charge in [0.05, 0.1) is 11.0 Å². The molecule has 2 fully saturated rings. The van der Waals surface area contributed by atoms with Crippen LogP contribution in [0.15, 0.2) is 29.3 Å². The van der Waals surface area contributed by atoms with Crippen LogP contribution in [0, 0.1) is 12.8 Å². The van der Waals surface area contributed by atoms with E-state index in [4.69, 9.17) is 0 Å². The van der Waals surface area contributed by atoms with Gasteiger partial charge in [-0.05, 0) is 56.2 Å². The number of hydrogen-bond acceptors (Lipinski definition) is 6. The van der Waals surface area contributed by atoms with Gasteiger partial charge in [-0.1, -0.05) is 6.07 Å². The topological polar surface area (TPSA) is 114 Å². The number of rotatable bonds is 5. The van der Waals surface area contributed by atoms with Gasteiger partial charge in [0, 0.05) is 32.7 Å². The van der Waals surface area contributed by atoms with Gasteiger partial charge in [-0.2, -0.15) is 0 Å². The van der Waals surface area contributed by atoms with Crippen molar-refractivity contribution in [2.45, 2.75) is 38.6 Å². The summed E-state index contributed by atoms with van der Waals surface area (Å²) in [5.74, 6) is 1.52. The third-order valence-corrected chi connectivity index (χ3v) is 7.09. The quantitative estimate of drug-likeness (QED) is 0.472. The Kier molecular flexibility index (Phi) is 4.89. The first-order valence-electron chi connectivity index (χ1n) is 11.9. The number of carbonyl (C=O) groups is 1. The lowest BCUT2D eigenvalue weighted by molar-refractivity contribution is 0.0939. The third kappa shape index (κ3) is 3.53. The molecule has 176 valence electrons. The lowest BCUT2D eigenvalue weighted by atomic mass is 10.0. The molecular formula is C24H28N8O2. The van der Waals surface area contributed by atoms with Gasteiger partial charge in [0.25, 0.3) is 5.91 Å². The molecule has 0 radical (unpaired) electrons. The highest BCUT2D eigenvalue weighted by molar-refractivity contribution is 5.96. The molecule has 3 aromatic heterocycles. The molecule has 4 aromatic rings. The number of benzene rings is 1. The van der Waals surface area contributed by atoms with Crippen molar-refractivity contribution < 1.29 is 4.79 Å². The van der Waals surface area contributed by atoms with E-state index in [1.165, 1.54) is 19.2 Å². The Morgan fingerprint density at radius 1 is 1.18 bits per heavy atom. The molecule has 6 rings (SSSR count). The highest BCUT2D eigenvalue weighted by atomic mass is 16.2. The first kappa shape index (κ1) is 20.9. The zero-order valence-electron chi connectivity index (χ0n) is 19.4. The summed E-state index contributed by atoms with van der Waals surface area (Å²) >= 11 is 0. The molecule has 1 aliphatic heterocycles. The van der Waals surface area contributed by atoms with Crippen molar-refractivity contribution in [3.8, 4) is 0 Å². The van der Waals surface area contributed by atoms with Crippen molar-refractivity contribution >= 4 is 33.9 Å². The van der Waals surface area contributed by atoms with E-state index in [9.17, 15) is 9.59 Å². The summed E-state index contributed by atoms with van der Waals surface area (Å²) in [7, 11) is 1.82. The maximum Gasteiger partial charge on any atom is 0.326 e. The summed E-state index contributed by atoms with van der Waals surface area (Å²) < 4.78 is 3.64. The fraction of sp³-hybridized carbons (Fsp3) is 0.458. The molecule has 1 aromatic carbocycles. The summed E-state index contributed by atoms with van der Waals surface area (Å²) in [5, 5.41) is 2.99. The number of aryl methyl sites for hydroxylation is 2. The van der Waals surface area contributed by atoms with Gasteiger partial charge in [-0.15, -0.1) is 0 Å². The van der Waals surface area contributed by atoms with Crippen LogP contribution in [0.2, 0.25) is 0 Å². The van der Waals surface area contributed by atoms with Crippen LogP contribution in [-0.4, -0.2) is 54.6 Å². The van der Waals surface area contributed by atoms with Crippen LogP contribution < -0.4 is 15.9 Å². The summed E-state index contributed by atoms with van der Waals surface area (Å²) in [5.41, 5.74) is 4.19. The largest absolute Gasteiger partial charge is 0.355 e. The molecule has 0 atom stereocenters. The SMILES string of the molecule is Cc1ccc2[nH]c(=O)n(C3CCN(c4ncnc5c4nc(C(=O)NCC4CC4)n5C)CC3)c2c1. The van der Waals surface area contributed by atoms with Gasteiger partial charge >= 0.3 is 5.69 Å². The summed E-state index contributed by atoms with van der Waals surface area (Å²) in [6, 6.07) is 6.16. The Balaban J connectivity index is 1.25. The minimum atomic E-state index is -0.175. The van der Waals surface area contributed by atoms with Crippen LogP contribution in [0.5, 0.6) is 0 Å². The predicted octanol–water partition coefficient (Wildman–Crippen LogP) is 2.30. The van der Waals surface area contributed by atoms with Crippen LogP contribution in [0.1, 0.15) is 47.9 Å². The number of anilines is 1. The summed E-state index contributed by atoms with van der Waals surface area (Å²) in [6.45, 7) is 4.21. The smallest absolute Gasteiger partial charge is 0.326 e. The number of hydrogen-bond donors (Lipinski definition) is 2. The van der Waals surface area contributed by atoms with Crippen molar-refractivity contribution in [2.75, 3.05) is 24.5 Å². The van der Waals surface area contributed by atoms with Crippen molar-refractivity contribution in [1.82, 2.24) is 34.4 Å². The number of piperidine rings is 1. The van der Waals surface area contributed by atoms with E-state index in [0.717, 1.165) is 48.3 Å². The molecule has 2 aliphatic rings. The van der Waals surface area contributed by atoms with Crippen LogP contribution >= 0.6 is 0 Å². The fourth-order valence-corrected chi connectivity index (χ4v) is 4.99. The molecule has 2 N–H and O–H groups in total. The number of imidazole rings is 2. The van der Waals surface area contributed by atoms with Crippen LogP contribution in [0.3, 0.4) is 0 Å². The number of nitrogens with zero attached hydrogens (tertiary/aromatic N) is 6. The molecule has 10 nitrogen and oxygen atoms in total. The molecule has 10 heteroatoms. The number of nitrogens with one attached hydrogen (secondary N) is 2. The van der Waals surface area contributed by atoms with Crippen LogP contribution in [-0.2, 0) is 7.05 Å². The van der Waals surface area contributed by atoms with E-state index in [0.29, 0.717) is 29.5 Å². The molecule has 0 bridgehead atoms. The maximum atomic E-state index is 12.7. The average molecular weight is 461 g/mol. The first-order chi connectivity index (χ1) is 16.5. The summed E-state index contributed by atoms with van der Waals surface area (Å²) in [4.78, 5) is 44.1. The number of carbonyl (C=O) groups excluding carboxylic acids is 1. The van der Waals surface area contributed by atoms with Crippen molar-refractivity contribution in [3.63, 3.8) is 0 Å². The minimum Gasteiger partial charge on any atom is -0.355 e. The highest BCUT2D eigenvalue weighted by Gasteiger charge is 2.28. The van der Waals surface area contributed by atoms with Gasteiger partial charge in [0.2, 0.25) is 5.82 Å². The molecule has 1 aliphatic carbocycles. The minimum absolute atomic E-state index is 0.0601. The average Bonchev–Trinajstić information content (AvgIpc) is 3.53. The summed E-state index contributed by atoms with van der Waals surface area (Å²) in [6.07, 6.45) is 5.52. The van der Waals surface area contributed by atoms with E-state index >= 15 is 0 Å². The van der Waals surface area contributed by atoms with E-state index in [1.807, 2.05) is 30.7 Å². The fourth-order valence-electron chi connectivity index (χ4n) is 4.99. The Hall–Kier alpha value is -3.69. The van der Waals surface area contributed by atoms with Gasteiger partial charge in [-0.3, -0.25) is 9.36 Å². The number of fused-ring (bicyclic) bond motifs is 2. The van der Waals surface area contributed by atoms with E-state index in [-0.39, 0.29) is 17.6 Å². The Morgan fingerprint density at radius 2 is 1.97 bits per heavy atom. The normalized spacial score (nSPS) is 17.1. The van der Waals surface area contributed by atoms with E-state index in [2.05, 4.69) is 36.2 Å². The molecule has 1 amide bonds. The third-order valence-electron chi connectivity index (χ3n) is 7.09. The number of aromatic amines is 1. The zero-order chi connectivity index (χ0) is 23.4. The second-order valence-electron chi connectivity index (χ2n) is 9.56. The zero-order valence-corrected chi connectivity index (χ0v) is 19.4. The molecule has 1 saturated heterocycles. The predicted molar refractivity (Wildman–Crippen MR) is 129 cm³/mol. The number of aromatic nitrogens is 6. The van der Waals surface area contributed by atoms with Gasteiger partial charge in [0.15, 0.2) is 17.0 Å². The van der Waals surface area contributed by atoms with Gasteiger partial charge < -0.3 is 19.8 Å². The second-order valence-corrected chi connectivity index (χ2v) is 9.56. The Morgan fingerprint density at radius 3 is 2.74 bits per heavy atom. The lowest BCUT2D eigenvalue weighted by Crippen LogP contribution is -2.37. The highest BCUT2D eigenvalue weighted by Crippen LogP contribution is 2.31. The standard InChI is InChI=1S/C24H28N8O2/c1-14-3-6-17-18(11-14)32(24(34)28-17)16-7-9-31(10-8-16)21-19-20(26-13-27-21)30(2)22(29-19)23(33)25-12-15-4-5-15/h3,6,11,13,15-16H,4-5,7-10,12H2,1-2H3,(H,25,33)(H,28,34). The van der Waals surface area contributed by atoms with Gasteiger partial charge in [0.1, 0.15) is 6.33 Å². The number of amides is 1. The Bertz CT molecular complexity index is 1450. The van der Waals surface area contributed by atoms with Crippen LogP contribution in [0.25, 0.3) is 22.2 Å². The molecule has 0 unspecified atom stereocenters. The molecular weight excluding hydrogens is 432 g/mol. The number of H-pyrrole nitrogens is 1. The van der Waals surface area contributed by atoms with Crippen molar-refractivity contribution in [1.29, 1.82) is 0 Å². The molecule has 34 heavy (non-hydrogen) atoms.